The van der Waals surface area contributed by atoms with Crippen LogP contribution in [0.25, 0.3) is 0 Å². The molecule has 26 heavy (non-hydrogen) atoms. The first-order chi connectivity index (χ1) is 12.6. The molecule has 5 heteroatoms. The largest absolute Gasteiger partial charge is 0.377 e. The molecule has 3 aromatic carbocycles. The number of anilines is 1. The second-order valence-corrected chi connectivity index (χ2v) is 7.85. The van der Waals surface area contributed by atoms with E-state index < -0.39 is 10.0 Å². The van der Waals surface area contributed by atoms with Gasteiger partial charge in [0.1, 0.15) is 0 Å². The van der Waals surface area contributed by atoms with E-state index in [0.29, 0.717) is 0 Å². The van der Waals surface area contributed by atoms with Crippen molar-refractivity contribution in [3.63, 3.8) is 0 Å². The highest BCUT2D eigenvalue weighted by molar-refractivity contribution is 7.89. The minimum atomic E-state index is -3.56. The molecule has 0 aliphatic rings. The lowest BCUT2D eigenvalue weighted by Gasteiger charge is -2.22. The van der Waals surface area contributed by atoms with Gasteiger partial charge >= 0.3 is 0 Å². The third kappa shape index (κ3) is 4.50. The van der Waals surface area contributed by atoms with E-state index in [0.717, 1.165) is 16.8 Å². The Morgan fingerprint density at radius 1 is 0.808 bits per heavy atom. The molecular weight excluding hydrogens is 344 g/mol. The van der Waals surface area contributed by atoms with Crippen molar-refractivity contribution in [3.8, 4) is 0 Å². The predicted octanol–water partition coefficient (Wildman–Crippen LogP) is 4.13. The molecule has 3 aromatic rings. The summed E-state index contributed by atoms with van der Waals surface area (Å²) in [6.45, 7) is 2.27. The summed E-state index contributed by atoms with van der Waals surface area (Å²) in [6, 6.07) is 26.0. The van der Waals surface area contributed by atoms with Crippen molar-refractivity contribution >= 4 is 15.7 Å². The summed E-state index contributed by atoms with van der Waals surface area (Å²) in [4.78, 5) is 0.266. The molecule has 0 aromatic heterocycles. The van der Waals surface area contributed by atoms with Crippen molar-refractivity contribution < 1.29 is 8.42 Å². The highest BCUT2D eigenvalue weighted by atomic mass is 32.2. The molecule has 0 aliphatic carbocycles. The van der Waals surface area contributed by atoms with Crippen LogP contribution in [-0.4, -0.2) is 15.0 Å². The third-order valence-corrected chi connectivity index (χ3v) is 5.65. The molecule has 134 valence electrons. The number of hydrogen-bond acceptors (Lipinski definition) is 3. The van der Waals surface area contributed by atoms with Gasteiger partial charge in [-0.1, -0.05) is 66.7 Å². The van der Waals surface area contributed by atoms with Crippen LogP contribution >= 0.6 is 0 Å². The summed E-state index contributed by atoms with van der Waals surface area (Å²) >= 11 is 0. The minimum absolute atomic E-state index is 0.184. The Hall–Kier alpha value is -2.63. The van der Waals surface area contributed by atoms with Crippen LogP contribution in [0.2, 0.25) is 0 Å². The molecule has 0 radical (unpaired) electrons. The van der Waals surface area contributed by atoms with E-state index in [1.807, 2.05) is 61.5 Å². The lowest BCUT2D eigenvalue weighted by atomic mass is 10.1. The van der Waals surface area contributed by atoms with Crippen LogP contribution in [0.1, 0.15) is 17.2 Å². The fourth-order valence-corrected chi connectivity index (χ4v) is 3.80. The first kappa shape index (κ1) is 18.2. The maximum absolute atomic E-state index is 12.5. The monoisotopic (exact) mass is 366 g/mol. The highest BCUT2D eigenvalue weighted by Gasteiger charge is 2.18. The summed E-state index contributed by atoms with van der Waals surface area (Å²) in [5, 5.41) is 3.46. The van der Waals surface area contributed by atoms with E-state index in [2.05, 4.69) is 10.0 Å². The lowest BCUT2D eigenvalue weighted by molar-refractivity contribution is 0.576. The molecule has 4 nitrogen and oxygen atoms in total. The van der Waals surface area contributed by atoms with Crippen LogP contribution < -0.4 is 10.0 Å². The highest BCUT2D eigenvalue weighted by Crippen LogP contribution is 2.22. The number of hydrogen-bond donors (Lipinski definition) is 2. The van der Waals surface area contributed by atoms with Crippen LogP contribution in [0.15, 0.2) is 89.8 Å². The maximum Gasteiger partial charge on any atom is 0.240 e. The van der Waals surface area contributed by atoms with Gasteiger partial charge in [0.2, 0.25) is 10.0 Å². The fourth-order valence-electron chi connectivity index (χ4n) is 2.74. The second kappa shape index (κ2) is 8.17. The van der Waals surface area contributed by atoms with Gasteiger partial charge in [-0.25, -0.2) is 13.1 Å². The Labute approximate surface area is 155 Å². The van der Waals surface area contributed by atoms with Crippen LogP contribution in [0, 0.1) is 6.92 Å². The summed E-state index contributed by atoms with van der Waals surface area (Å²) < 4.78 is 27.8. The number of sulfonamides is 1. The van der Waals surface area contributed by atoms with Gasteiger partial charge in [0.15, 0.2) is 0 Å². The normalized spacial score (nSPS) is 12.5. The van der Waals surface area contributed by atoms with E-state index in [4.69, 9.17) is 0 Å². The molecule has 1 atom stereocenters. The van der Waals surface area contributed by atoms with Crippen LogP contribution in [-0.2, 0) is 10.0 Å². The smallest absolute Gasteiger partial charge is 0.240 e. The van der Waals surface area contributed by atoms with Gasteiger partial charge in [0.05, 0.1) is 10.9 Å². The lowest BCUT2D eigenvalue weighted by Crippen LogP contribution is -2.31. The van der Waals surface area contributed by atoms with Gasteiger partial charge < -0.3 is 5.32 Å². The second-order valence-electron chi connectivity index (χ2n) is 6.09. The summed E-state index contributed by atoms with van der Waals surface area (Å²) in [5.41, 5.74) is 3.12. The van der Waals surface area contributed by atoms with E-state index in [1.165, 1.54) is 0 Å². The topological polar surface area (TPSA) is 58.2 Å². The SMILES string of the molecule is Cc1ccccc1N[C@H](CNS(=O)(=O)c1ccccc1)c1ccccc1. The Morgan fingerprint density at radius 3 is 2.04 bits per heavy atom. The van der Waals surface area contributed by atoms with Crippen molar-refractivity contribution in [3.05, 3.63) is 96.1 Å². The number of benzene rings is 3. The zero-order valence-electron chi connectivity index (χ0n) is 14.6. The van der Waals surface area contributed by atoms with Crippen LogP contribution in [0.4, 0.5) is 5.69 Å². The molecule has 2 N–H and O–H groups in total. The molecule has 0 bridgehead atoms. The minimum Gasteiger partial charge on any atom is -0.377 e. The maximum atomic E-state index is 12.5. The summed E-state index contributed by atoms with van der Waals surface area (Å²) in [5.74, 6) is 0. The Kier molecular flexibility index (Phi) is 5.71. The molecule has 0 amide bonds. The van der Waals surface area contributed by atoms with Gasteiger partial charge in [-0.3, -0.25) is 0 Å². The van der Waals surface area contributed by atoms with Gasteiger partial charge in [-0.05, 0) is 36.2 Å². The molecule has 0 saturated heterocycles. The number of nitrogens with one attached hydrogen (secondary N) is 2. The predicted molar refractivity (Wildman–Crippen MR) is 106 cm³/mol. The Balaban J connectivity index is 1.82. The molecule has 0 spiro atoms. The average molecular weight is 366 g/mol. The van der Waals surface area contributed by atoms with Crippen molar-refractivity contribution in [2.24, 2.45) is 0 Å². The molecule has 0 aliphatic heterocycles. The zero-order valence-corrected chi connectivity index (χ0v) is 15.4. The zero-order chi connectivity index (χ0) is 18.4. The van der Waals surface area contributed by atoms with E-state index in [1.54, 1.807) is 30.3 Å². The van der Waals surface area contributed by atoms with Gasteiger partial charge in [0.25, 0.3) is 0 Å². The van der Waals surface area contributed by atoms with E-state index in [9.17, 15) is 8.42 Å². The first-order valence-corrected chi connectivity index (χ1v) is 9.96. The van der Waals surface area contributed by atoms with Gasteiger partial charge in [0, 0.05) is 12.2 Å². The average Bonchev–Trinajstić information content (AvgIpc) is 2.68. The van der Waals surface area contributed by atoms with Crippen molar-refractivity contribution in [2.75, 3.05) is 11.9 Å². The third-order valence-electron chi connectivity index (χ3n) is 4.21. The van der Waals surface area contributed by atoms with Crippen LogP contribution in [0.3, 0.4) is 0 Å². The molecular formula is C21H22N2O2S. The molecule has 3 rings (SSSR count). The number of para-hydroxylation sites is 1. The quantitative estimate of drug-likeness (QED) is 0.661. The number of rotatable bonds is 7. The van der Waals surface area contributed by atoms with Crippen molar-refractivity contribution in [1.82, 2.24) is 4.72 Å². The first-order valence-electron chi connectivity index (χ1n) is 8.48. The van der Waals surface area contributed by atoms with Gasteiger partial charge in [-0.2, -0.15) is 0 Å². The molecule has 0 fully saturated rings. The summed E-state index contributed by atoms with van der Waals surface area (Å²) in [6.07, 6.45) is 0. The summed E-state index contributed by atoms with van der Waals surface area (Å²) in [7, 11) is -3.56. The van der Waals surface area contributed by atoms with Gasteiger partial charge in [-0.15, -0.1) is 0 Å². The molecule has 0 unspecified atom stereocenters. The van der Waals surface area contributed by atoms with Crippen molar-refractivity contribution in [1.29, 1.82) is 0 Å². The Bertz CT molecular complexity index is 942. The standard InChI is InChI=1S/C21H22N2O2S/c1-17-10-8-9-15-20(17)23-21(18-11-4-2-5-12-18)16-22-26(24,25)19-13-6-3-7-14-19/h2-15,21-23H,16H2,1H3/t21-/m1/s1. The van der Waals surface area contributed by atoms with Crippen molar-refractivity contribution in [2.45, 2.75) is 17.9 Å². The molecule has 0 heterocycles. The van der Waals surface area contributed by atoms with E-state index >= 15 is 0 Å². The molecule has 0 saturated carbocycles. The van der Waals surface area contributed by atoms with E-state index in [-0.39, 0.29) is 17.5 Å². The fraction of sp³-hybridized carbons (Fsp3) is 0.143. The number of aryl methyl sites for hydroxylation is 1. The van der Waals surface area contributed by atoms with Crippen LogP contribution in [0.5, 0.6) is 0 Å². The Morgan fingerprint density at radius 2 is 1.38 bits per heavy atom.